The Bertz CT molecular complexity index is 1360. The van der Waals surface area contributed by atoms with Crippen LogP contribution in [0.1, 0.15) is 23.1 Å². The lowest BCUT2D eigenvalue weighted by Gasteiger charge is -2.20. The van der Waals surface area contributed by atoms with E-state index in [1.807, 2.05) is 0 Å². The van der Waals surface area contributed by atoms with Crippen molar-refractivity contribution >= 4 is 44.9 Å². The molecule has 4 aromatic rings. The molecule has 1 amide bonds. The predicted octanol–water partition coefficient (Wildman–Crippen LogP) is 5.82. The first-order valence-electron chi connectivity index (χ1n) is 9.55. The third-order valence-electron chi connectivity index (χ3n) is 4.63. The molecule has 0 aliphatic carbocycles. The van der Waals surface area contributed by atoms with Gasteiger partial charge in [-0.15, -0.1) is 0 Å². The summed E-state index contributed by atoms with van der Waals surface area (Å²) in [5, 5.41) is 3.59. The monoisotopic (exact) mass is 517 g/mol. The van der Waals surface area contributed by atoms with Crippen LogP contribution in [0, 0.1) is 0 Å². The third kappa shape index (κ3) is 4.40. The SMILES string of the molecule is CCN(C(=O)c1cc(C(F)(F)F)nn1-c1ncccc1Cl)c1nsc2cccc(OC(F)F)c12. The summed E-state index contributed by atoms with van der Waals surface area (Å²) in [5.74, 6) is -1.38. The number of alkyl halides is 5. The Balaban J connectivity index is 1.87. The zero-order chi connectivity index (χ0) is 24.6. The molecule has 0 aliphatic heterocycles. The zero-order valence-electron chi connectivity index (χ0n) is 17.1. The molecule has 0 aliphatic rings. The molecule has 0 N–H and O–H groups in total. The summed E-state index contributed by atoms with van der Waals surface area (Å²) in [6.45, 7) is -1.63. The van der Waals surface area contributed by atoms with E-state index in [0.717, 1.165) is 16.4 Å². The molecule has 0 bridgehead atoms. The van der Waals surface area contributed by atoms with Crippen LogP contribution in [0.4, 0.5) is 27.8 Å². The Morgan fingerprint density at radius 3 is 2.68 bits per heavy atom. The molecule has 1 aromatic carbocycles. The average molecular weight is 518 g/mol. The van der Waals surface area contributed by atoms with Crippen molar-refractivity contribution in [1.82, 2.24) is 19.1 Å². The molecule has 0 saturated heterocycles. The molecule has 0 atom stereocenters. The highest BCUT2D eigenvalue weighted by atomic mass is 35.5. The standard InChI is InChI=1S/C20H13ClF5N5O2S/c1-2-30(17-15-12(33-19(22)23)6-3-7-13(15)34-29-17)18(32)11-9-14(20(24,25)26)28-31(11)16-10(21)5-4-8-27-16/h3-9,19H,2H2,1H3. The molecule has 0 radical (unpaired) electrons. The minimum absolute atomic E-state index is 0.0387. The van der Waals surface area contributed by atoms with Crippen LogP contribution in [-0.2, 0) is 6.18 Å². The second kappa shape index (κ2) is 9.14. The Morgan fingerprint density at radius 2 is 2.03 bits per heavy atom. The van der Waals surface area contributed by atoms with Crippen molar-refractivity contribution in [3.05, 3.63) is 59.0 Å². The number of ether oxygens (including phenoxy) is 1. The first-order valence-corrected chi connectivity index (χ1v) is 10.7. The highest BCUT2D eigenvalue weighted by Crippen LogP contribution is 2.38. The van der Waals surface area contributed by atoms with Crippen LogP contribution in [-0.4, -0.2) is 38.2 Å². The first-order chi connectivity index (χ1) is 16.1. The van der Waals surface area contributed by atoms with Crippen LogP contribution < -0.4 is 9.64 Å². The van der Waals surface area contributed by atoms with E-state index in [4.69, 9.17) is 11.6 Å². The van der Waals surface area contributed by atoms with Crippen LogP contribution in [0.3, 0.4) is 0 Å². The number of benzene rings is 1. The smallest absolute Gasteiger partial charge is 0.434 e. The Kier molecular flexibility index (Phi) is 6.41. The Hall–Kier alpha value is -3.32. The van der Waals surface area contributed by atoms with Crippen molar-refractivity contribution in [3.8, 4) is 11.6 Å². The van der Waals surface area contributed by atoms with Gasteiger partial charge in [0.15, 0.2) is 17.3 Å². The van der Waals surface area contributed by atoms with Gasteiger partial charge in [0, 0.05) is 18.8 Å². The lowest BCUT2D eigenvalue weighted by Crippen LogP contribution is -2.33. The number of pyridine rings is 1. The molecule has 7 nitrogen and oxygen atoms in total. The van der Waals surface area contributed by atoms with E-state index in [0.29, 0.717) is 15.4 Å². The quantitative estimate of drug-likeness (QED) is 0.301. The molecule has 0 fully saturated rings. The summed E-state index contributed by atoms with van der Waals surface area (Å²) in [4.78, 5) is 18.5. The van der Waals surface area contributed by atoms with E-state index in [-0.39, 0.29) is 34.3 Å². The molecule has 0 spiro atoms. The fourth-order valence-electron chi connectivity index (χ4n) is 3.22. The van der Waals surface area contributed by atoms with Gasteiger partial charge >= 0.3 is 12.8 Å². The maximum atomic E-state index is 13.5. The second-order valence-electron chi connectivity index (χ2n) is 6.70. The van der Waals surface area contributed by atoms with Crippen LogP contribution in [0.15, 0.2) is 42.6 Å². The summed E-state index contributed by atoms with van der Waals surface area (Å²) in [6.07, 6.45) is -3.58. The van der Waals surface area contributed by atoms with Gasteiger partial charge < -0.3 is 4.74 Å². The van der Waals surface area contributed by atoms with Gasteiger partial charge in [-0.1, -0.05) is 17.7 Å². The molecule has 0 unspecified atom stereocenters. The van der Waals surface area contributed by atoms with Crippen LogP contribution >= 0.6 is 23.1 Å². The van der Waals surface area contributed by atoms with E-state index in [1.54, 1.807) is 13.0 Å². The number of aromatic nitrogens is 4. The zero-order valence-corrected chi connectivity index (χ0v) is 18.6. The van der Waals surface area contributed by atoms with Gasteiger partial charge in [-0.25, -0.2) is 9.67 Å². The van der Waals surface area contributed by atoms with Crippen LogP contribution in [0.5, 0.6) is 5.75 Å². The number of amides is 1. The van der Waals surface area contributed by atoms with Gasteiger partial charge in [-0.3, -0.25) is 9.69 Å². The van der Waals surface area contributed by atoms with Crippen LogP contribution in [0.2, 0.25) is 5.02 Å². The minimum atomic E-state index is -4.86. The fraction of sp³-hybridized carbons (Fsp3) is 0.200. The van der Waals surface area contributed by atoms with Crippen molar-refractivity contribution in [3.63, 3.8) is 0 Å². The van der Waals surface area contributed by atoms with Gasteiger partial charge in [-0.2, -0.15) is 31.4 Å². The highest BCUT2D eigenvalue weighted by Gasteiger charge is 2.38. The van der Waals surface area contributed by atoms with Gasteiger partial charge in [-0.05, 0) is 42.7 Å². The topological polar surface area (TPSA) is 73.1 Å². The molecule has 34 heavy (non-hydrogen) atoms. The molecule has 3 heterocycles. The summed E-state index contributed by atoms with van der Waals surface area (Å²) < 4.78 is 76.1. The predicted molar refractivity (Wildman–Crippen MR) is 115 cm³/mol. The number of hydrogen-bond acceptors (Lipinski definition) is 6. The van der Waals surface area contributed by atoms with Gasteiger partial charge in [0.1, 0.15) is 11.4 Å². The van der Waals surface area contributed by atoms with Crippen molar-refractivity contribution in [1.29, 1.82) is 0 Å². The fourth-order valence-corrected chi connectivity index (χ4v) is 4.22. The molecular weight excluding hydrogens is 505 g/mol. The maximum Gasteiger partial charge on any atom is 0.435 e. The highest BCUT2D eigenvalue weighted by molar-refractivity contribution is 7.13. The lowest BCUT2D eigenvalue weighted by atomic mass is 10.2. The second-order valence-corrected chi connectivity index (χ2v) is 7.91. The Morgan fingerprint density at radius 1 is 1.26 bits per heavy atom. The van der Waals surface area contributed by atoms with Gasteiger partial charge in [0.25, 0.3) is 5.91 Å². The normalized spacial score (nSPS) is 11.9. The van der Waals surface area contributed by atoms with E-state index < -0.39 is 30.1 Å². The molecule has 3 aromatic heterocycles. The number of fused-ring (bicyclic) bond motifs is 1. The number of rotatable bonds is 6. The summed E-state index contributed by atoms with van der Waals surface area (Å²) in [7, 11) is 0. The number of carbonyl (C=O) groups excluding carboxylic acids is 1. The van der Waals surface area contributed by atoms with Crippen molar-refractivity contribution in [2.75, 3.05) is 11.4 Å². The average Bonchev–Trinajstić information content (AvgIpc) is 3.40. The van der Waals surface area contributed by atoms with Gasteiger partial charge in [0.05, 0.1) is 15.1 Å². The van der Waals surface area contributed by atoms with E-state index >= 15 is 0 Å². The van der Waals surface area contributed by atoms with Crippen molar-refractivity contribution < 1.29 is 31.5 Å². The number of anilines is 1. The van der Waals surface area contributed by atoms with Crippen molar-refractivity contribution in [2.45, 2.75) is 19.7 Å². The molecule has 14 heteroatoms. The molecule has 0 saturated carbocycles. The lowest BCUT2D eigenvalue weighted by molar-refractivity contribution is -0.141. The largest absolute Gasteiger partial charge is 0.435 e. The van der Waals surface area contributed by atoms with Gasteiger partial charge in [0.2, 0.25) is 0 Å². The van der Waals surface area contributed by atoms with E-state index in [2.05, 4.69) is 19.2 Å². The number of halogens is 6. The Labute approximate surface area is 197 Å². The van der Waals surface area contributed by atoms with E-state index in [9.17, 15) is 26.7 Å². The van der Waals surface area contributed by atoms with E-state index in [1.165, 1.54) is 30.5 Å². The summed E-state index contributed by atoms with van der Waals surface area (Å²) >= 11 is 7.01. The first kappa shape index (κ1) is 23.8. The molecule has 4 rings (SSSR count). The minimum Gasteiger partial charge on any atom is -0.434 e. The number of hydrogen-bond donors (Lipinski definition) is 0. The summed E-state index contributed by atoms with van der Waals surface area (Å²) in [6, 6.07) is 7.77. The van der Waals surface area contributed by atoms with Crippen molar-refractivity contribution in [2.24, 2.45) is 0 Å². The van der Waals surface area contributed by atoms with Crippen LogP contribution in [0.25, 0.3) is 15.9 Å². The molecule has 178 valence electrons. The maximum absolute atomic E-state index is 13.5. The molecular formula is C20H13ClF5N5O2S. The summed E-state index contributed by atoms with van der Waals surface area (Å²) in [5.41, 5.74) is -1.83. The number of nitrogens with zero attached hydrogens (tertiary/aromatic N) is 5. The number of carbonyl (C=O) groups is 1. The third-order valence-corrected chi connectivity index (χ3v) is 5.73.